The van der Waals surface area contributed by atoms with Crippen molar-refractivity contribution in [2.45, 2.75) is 25.9 Å². The SMILES string of the molecule is CC1CCc2ccc(-c3cc(C(=O)O)[nH]n3)cc2O1. The van der Waals surface area contributed by atoms with Gasteiger partial charge in [0.25, 0.3) is 0 Å². The largest absolute Gasteiger partial charge is 0.490 e. The second-order valence-corrected chi connectivity index (χ2v) is 4.76. The smallest absolute Gasteiger partial charge is 0.353 e. The highest BCUT2D eigenvalue weighted by Crippen LogP contribution is 2.31. The van der Waals surface area contributed by atoms with Gasteiger partial charge in [-0.3, -0.25) is 5.10 Å². The molecular formula is C14H14N2O3. The first-order valence-electron chi connectivity index (χ1n) is 6.22. The molecule has 3 rings (SSSR count). The molecule has 5 nitrogen and oxygen atoms in total. The van der Waals surface area contributed by atoms with Crippen LogP contribution >= 0.6 is 0 Å². The molecule has 0 saturated heterocycles. The first kappa shape index (κ1) is 11.8. The van der Waals surface area contributed by atoms with Gasteiger partial charge in [0.15, 0.2) is 0 Å². The van der Waals surface area contributed by atoms with E-state index in [0.717, 1.165) is 24.2 Å². The van der Waals surface area contributed by atoms with Crippen LogP contribution < -0.4 is 4.74 Å². The van der Waals surface area contributed by atoms with Gasteiger partial charge < -0.3 is 9.84 Å². The van der Waals surface area contributed by atoms with E-state index >= 15 is 0 Å². The van der Waals surface area contributed by atoms with Gasteiger partial charge in [-0.25, -0.2) is 4.79 Å². The Morgan fingerprint density at radius 3 is 3.05 bits per heavy atom. The number of ether oxygens (including phenoxy) is 1. The fourth-order valence-corrected chi connectivity index (χ4v) is 2.24. The number of aryl methyl sites for hydroxylation is 1. The Morgan fingerprint density at radius 2 is 2.32 bits per heavy atom. The standard InChI is InChI=1S/C14H14N2O3/c1-8-2-3-9-4-5-10(6-13(9)19-8)11-7-12(14(17)18)16-15-11/h4-8H,2-3H2,1H3,(H,15,16)(H,17,18). The number of hydrogen-bond acceptors (Lipinski definition) is 3. The fourth-order valence-electron chi connectivity index (χ4n) is 2.24. The summed E-state index contributed by atoms with van der Waals surface area (Å²) in [4.78, 5) is 10.8. The minimum atomic E-state index is -1.01. The summed E-state index contributed by atoms with van der Waals surface area (Å²) in [6.07, 6.45) is 2.26. The third kappa shape index (κ3) is 2.19. The average Bonchev–Trinajstić information content (AvgIpc) is 2.87. The number of hydrogen-bond donors (Lipinski definition) is 2. The third-order valence-corrected chi connectivity index (χ3v) is 3.32. The number of benzene rings is 1. The zero-order valence-corrected chi connectivity index (χ0v) is 10.5. The third-order valence-electron chi connectivity index (χ3n) is 3.32. The molecule has 1 aromatic heterocycles. The zero-order valence-electron chi connectivity index (χ0n) is 10.5. The number of nitrogens with zero attached hydrogens (tertiary/aromatic N) is 1. The zero-order chi connectivity index (χ0) is 13.4. The van der Waals surface area contributed by atoms with Crippen LogP contribution in [0.5, 0.6) is 5.75 Å². The van der Waals surface area contributed by atoms with Crippen molar-refractivity contribution in [1.29, 1.82) is 0 Å². The molecular weight excluding hydrogens is 244 g/mol. The molecule has 0 spiro atoms. The van der Waals surface area contributed by atoms with E-state index in [9.17, 15) is 4.79 Å². The van der Waals surface area contributed by atoms with E-state index in [0.29, 0.717) is 5.69 Å². The van der Waals surface area contributed by atoms with E-state index in [1.807, 2.05) is 25.1 Å². The lowest BCUT2D eigenvalue weighted by Crippen LogP contribution is -2.18. The maximum atomic E-state index is 10.8. The summed E-state index contributed by atoms with van der Waals surface area (Å²) in [7, 11) is 0. The van der Waals surface area contributed by atoms with Gasteiger partial charge in [-0.15, -0.1) is 0 Å². The molecule has 1 aliphatic heterocycles. The molecule has 1 aliphatic rings. The van der Waals surface area contributed by atoms with Crippen molar-refractivity contribution in [2.24, 2.45) is 0 Å². The van der Waals surface area contributed by atoms with Gasteiger partial charge in [0.2, 0.25) is 0 Å². The van der Waals surface area contributed by atoms with E-state index in [4.69, 9.17) is 9.84 Å². The van der Waals surface area contributed by atoms with Gasteiger partial charge in [0.05, 0.1) is 11.8 Å². The van der Waals surface area contributed by atoms with E-state index in [1.54, 1.807) is 0 Å². The van der Waals surface area contributed by atoms with Crippen LogP contribution in [0.2, 0.25) is 0 Å². The van der Waals surface area contributed by atoms with Crippen molar-refractivity contribution >= 4 is 5.97 Å². The lowest BCUT2D eigenvalue weighted by Gasteiger charge is -2.23. The molecule has 2 heterocycles. The first-order valence-corrected chi connectivity index (χ1v) is 6.22. The van der Waals surface area contributed by atoms with Crippen LogP contribution in [-0.2, 0) is 6.42 Å². The number of carboxylic acid groups (broad SMARTS) is 1. The maximum absolute atomic E-state index is 10.8. The second-order valence-electron chi connectivity index (χ2n) is 4.76. The van der Waals surface area contributed by atoms with Gasteiger partial charge in [-0.1, -0.05) is 12.1 Å². The first-order chi connectivity index (χ1) is 9.13. The summed E-state index contributed by atoms with van der Waals surface area (Å²) >= 11 is 0. The quantitative estimate of drug-likeness (QED) is 0.867. The fraction of sp³-hybridized carbons (Fsp3) is 0.286. The van der Waals surface area contributed by atoms with Crippen LogP contribution in [0.3, 0.4) is 0 Å². The van der Waals surface area contributed by atoms with Crippen LogP contribution in [0.4, 0.5) is 0 Å². The summed E-state index contributed by atoms with van der Waals surface area (Å²) in [6.45, 7) is 2.05. The molecule has 0 saturated carbocycles. The van der Waals surface area contributed by atoms with Crippen LogP contribution in [0.25, 0.3) is 11.3 Å². The topological polar surface area (TPSA) is 75.2 Å². The number of rotatable bonds is 2. The van der Waals surface area contributed by atoms with Crippen molar-refractivity contribution in [3.05, 3.63) is 35.5 Å². The number of fused-ring (bicyclic) bond motifs is 1. The Hall–Kier alpha value is -2.30. The van der Waals surface area contributed by atoms with Crippen LogP contribution in [0.1, 0.15) is 29.4 Å². The normalized spacial score (nSPS) is 17.6. The van der Waals surface area contributed by atoms with Crippen LogP contribution in [0.15, 0.2) is 24.3 Å². The van der Waals surface area contributed by atoms with E-state index in [1.165, 1.54) is 11.6 Å². The number of aromatic amines is 1. The van der Waals surface area contributed by atoms with Crippen molar-refractivity contribution in [3.63, 3.8) is 0 Å². The molecule has 1 aromatic carbocycles. The van der Waals surface area contributed by atoms with Gasteiger partial charge >= 0.3 is 5.97 Å². The number of nitrogens with one attached hydrogen (secondary N) is 1. The molecule has 0 fully saturated rings. The second kappa shape index (κ2) is 4.42. The molecule has 19 heavy (non-hydrogen) atoms. The monoisotopic (exact) mass is 258 g/mol. The minimum Gasteiger partial charge on any atom is -0.490 e. The highest BCUT2D eigenvalue weighted by molar-refractivity contribution is 5.86. The van der Waals surface area contributed by atoms with Gasteiger partial charge in [-0.05, 0) is 37.5 Å². The number of aromatic carboxylic acids is 1. The lowest BCUT2D eigenvalue weighted by molar-refractivity contribution is 0.0690. The molecule has 98 valence electrons. The van der Waals surface area contributed by atoms with Crippen molar-refractivity contribution in [3.8, 4) is 17.0 Å². The van der Waals surface area contributed by atoms with E-state index in [2.05, 4.69) is 10.2 Å². The molecule has 0 radical (unpaired) electrons. The molecule has 2 N–H and O–H groups in total. The van der Waals surface area contributed by atoms with Crippen molar-refractivity contribution in [2.75, 3.05) is 0 Å². The van der Waals surface area contributed by atoms with Crippen molar-refractivity contribution in [1.82, 2.24) is 10.2 Å². The Bertz CT molecular complexity index is 633. The molecule has 0 bridgehead atoms. The van der Waals surface area contributed by atoms with Gasteiger partial charge in [-0.2, -0.15) is 5.10 Å². The Balaban J connectivity index is 1.96. The molecule has 1 atom stereocenters. The highest BCUT2D eigenvalue weighted by atomic mass is 16.5. The molecule has 5 heteroatoms. The van der Waals surface area contributed by atoms with Crippen LogP contribution in [-0.4, -0.2) is 27.4 Å². The average molecular weight is 258 g/mol. The summed E-state index contributed by atoms with van der Waals surface area (Å²) < 4.78 is 5.79. The molecule has 2 aromatic rings. The minimum absolute atomic E-state index is 0.0852. The molecule has 1 unspecified atom stereocenters. The maximum Gasteiger partial charge on any atom is 0.353 e. The van der Waals surface area contributed by atoms with E-state index < -0.39 is 5.97 Å². The Labute approximate surface area is 110 Å². The predicted molar refractivity (Wildman–Crippen MR) is 69.4 cm³/mol. The summed E-state index contributed by atoms with van der Waals surface area (Å²) in [5, 5.41) is 15.4. The number of carbonyl (C=O) groups is 1. The Morgan fingerprint density at radius 1 is 1.47 bits per heavy atom. The number of H-pyrrole nitrogens is 1. The summed E-state index contributed by atoms with van der Waals surface area (Å²) in [5.74, 6) is -0.141. The highest BCUT2D eigenvalue weighted by Gasteiger charge is 2.17. The summed E-state index contributed by atoms with van der Waals surface area (Å²) in [6, 6.07) is 7.41. The lowest BCUT2D eigenvalue weighted by atomic mass is 10.00. The molecule has 0 amide bonds. The Kier molecular flexibility index (Phi) is 2.74. The van der Waals surface area contributed by atoms with Gasteiger partial charge in [0, 0.05) is 5.56 Å². The van der Waals surface area contributed by atoms with Crippen molar-refractivity contribution < 1.29 is 14.6 Å². The molecule has 0 aliphatic carbocycles. The van der Waals surface area contributed by atoms with E-state index in [-0.39, 0.29) is 11.8 Å². The van der Waals surface area contributed by atoms with Gasteiger partial charge in [0.1, 0.15) is 11.4 Å². The summed E-state index contributed by atoms with van der Waals surface area (Å²) in [5.41, 5.74) is 2.75. The number of carboxylic acids is 1. The number of aromatic nitrogens is 2. The van der Waals surface area contributed by atoms with Crippen LogP contribution in [0, 0.1) is 0 Å². The predicted octanol–water partition coefficient (Wildman–Crippen LogP) is 2.49.